The SMILES string of the molecule is CCOC(=O)C1=C(C)N=c2s/c(=C\c3cc(Cl)c(OCc4cccc5ccccc45)c(Cl)c3)c(=O)n2[C@H]1c1ccc(OC(C)C)c(OC)c1. The Morgan fingerprint density at radius 1 is 1.02 bits per heavy atom. The number of esters is 1. The van der Waals surface area contributed by atoms with E-state index in [1.165, 1.54) is 15.9 Å². The second kappa shape index (κ2) is 14.5. The lowest BCUT2D eigenvalue weighted by atomic mass is 9.95. The van der Waals surface area contributed by atoms with Gasteiger partial charge < -0.3 is 18.9 Å². The third-order valence-corrected chi connectivity index (χ3v) is 9.50. The molecule has 8 nitrogen and oxygen atoms in total. The highest BCUT2D eigenvalue weighted by Crippen LogP contribution is 2.37. The molecule has 0 saturated carbocycles. The molecule has 252 valence electrons. The molecule has 0 amide bonds. The standard InChI is InChI=1S/C38H34Cl2N2O6S/c1-6-46-37(44)33-22(4)41-38-42(34(33)25-14-15-30(48-21(2)3)31(19-25)45-5)36(43)32(49-38)18-23-16-28(39)35(29(40)17-23)47-20-26-12-9-11-24-10-7-8-13-27(24)26/h7-19,21,34H,6,20H2,1-5H3/b32-18-/t34-/m0/s1. The number of carbonyl (C=O) groups is 1. The number of rotatable bonds is 10. The van der Waals surface area contributed by atoms with Gasteiger partial charge in [0, 0.05) is 0 Å². The smallest absolute Gasteiger partial charge is 0.338 e. The number of aromatic nitrogens is 1. The van der Waals surface area contributed by atoms with Gasteiger partial charge in [-0.05, 0) is 85.5 Å². The largest absolute Gasteiger partial charge is 0.493 e. The Balaban J connectivity index is 1.39. The van der Waals surface area contributed by atoms with Gasteiger partial charge >= 0.3 is 5.97 Å². The fourth-order valence-corrected chi connectivity index (χ4v) is 7.49. The zero-order valence-corrected chi connectivity index (χ0v) is 29.9. The molecule has 1 aliphatic rings. The van der Waals surface area contributed by atoms with E-state index in [2.05, 4.69) is 4.99 Å². The summed E-state index contributed by atoms with van der Waals surface area (Å²) in [5.74, 6) is 0.814. The monoisotopic (exact) mass is 716 g/mol. The number of allylic oxidation sites excluding steroid dienone is 1. The van der Waals surface area contributed by atoms with Crippen molar-refractivity contribution in [2.24, 2.45) is 4.99 Å². The number of hydrogen-bond donors (Lipinski definition) is 0. The number of methoxy groups -OCH3 is 1. The Kier molecular flexibility index (Phi) is 10.2. The number of ether oxygens (including phenoxy) is 4. The average Bonchev–Trinajstić information content (AvgIpc) is 3.37. The lowest BCUT2D eigenvalue weighted by Crippen LogP contribution is -2.40. The first-order valence-electron chi connectivity index (χ1n) is 15.7. The first kappa shape index (κ1) is 34.3. The van der Waals surface area contributed by atoms with Crippen LogP contribution in [0.15, 0.2) is 93.9 Å². The molecule has 0 saturated heterocycles. The molecule has 6 rings (SSSR count). The number of nitrogens with zero attached hydrogens (tertiary/aromatic N) is 2. The fourth-order valence-electron chi connectivity index (χ4n) is 5.83. The van der Waals surface area contributed by atoms with Gasteiger partial charge in [-0.15, -0.1) is 0 Å². The van der Waals surface area contributed by atoms with Crippen LogP contribution in [0.25, 0.3) is 16.8 Å². The van der Waals surface area contributed by atoms with Crippen molar-refractivity contribution in [1.29, 1.82) is 0 Å². The first-order chi connectivity index (χ1) is 23.6. The maximum atomic E-state index is 14.2. The van der Waals surface area contributed by atoms with Crippen molar-refractivity contribution in [2.75, 3.05) is 13.7 Å². The van der Waals surface area contributed by atoms with Gasteiger partial charge in [0.15, 0.2) is 22.0 Å². The van der Waals surface area contributed by atoms with E-state index in [-0.39, 0.29) is 30.5 Å². The normalized spacial score (nSPS) is 14.5. The molecule has 0 aliphatic carbocycles. The van der Waals surface area contributed by atoms with Crippen LogP contribution in [0.5, 0.6) is 17.2 Å². The highest BCUT2D eigenvalue weighted by Gasteiger charge is 2.34. The summed E-state index contributed by atoms with van der Waals surface area (Å²) in [6.45, 7) is 7.75. The maximum absolute atomic E-state index is 14.2. The molecule has 0 bridgehead atoms. The zero-order chi connectivity index (χ0) is 34.8. The number of carbonyl (C=O) groups excluding carboxylic acids is 1. The topological polar surface area (TPSA) is 88.4 Å². The Morgan fingerprint density at radius 2 is 1.76 bits per heavy atom. The molecule has 1 aromatic heterocycles. The van der Waals surface area contributed by atoms with Crippen molar-refractivity contribution < 1.29 is 23.7 Å². The van der Waals surface area contributed by atoms with Crippen LogP contribution in [-0.4, -0.2) is 30.4 Å². The van der Waals surface area contributed by atoms with Crippen molar-refractivity contribution in [3.8, 4) is 17.2 Å². The summed E-state index contributed by atoms with van der Waals surface area (Å²) in [5, 5.41) is 2.81. The Labute approximate surface area is 297 Å². The molecule has 0 spiro atoms. The minimum Gasteiger partial charge on any atom is -0.493 e. The van der Waals surface area contributed by atoms with Crippen LogP contribution in [-0.2, 0) is 16.1 Å². The molecule has 0 N–H and O–H groups in total. The molecule has 11 heteroatoms. The van der Waals surface area contributed by atoms with Gasteiger partial charge in [-0.25, -0.2) is 9.79 Å². The lowest BCUT2D eigenvalue weighted by molar-refractivity contribution is -0.139. The number of thiazole rings is 1. The molecular formula is C38H34Cl2N2O6S. The van der Waals surface area contributed by atoms with Gasteiger partial charge in [0.2, 0.25) is 0 Å². The molecule has 2 heterocycles. The number of halogens is 2. The van der Waals surface area contributed by atoms with Crippen molar-refractivity contribution >= 4 is 57.4 Å². The van der Waals surface area contributed by atoms with Crippen LogP contribution in [0, 0.1) is 0 Å². The third kappa shape index (κ3) is 6.97. The Morgan fingerprint density at radius 3 is 2.47 bits per heavy atom. The van der Waals surface area contributed by atoms with Gasteiger partial charge in [0.1, 0.15) is 6.61 Å². The van der Waals surface area contributed by atoms with Crippen LogP contribution in [0.1, 0.15) is 50.4 Å². The van der Waals surface area contributed by atoms with E-state index >= 15 is 0 Å². The molecular weight excluding hydrogens is 683 g/mol. The molecule has 0 unspecified atom stereocenters. The van der Waals surface area contributed by atoms with Crippen LogP contribution in [0.2, 0.25) is 10.0 Å². The highest BCUT2D eigenvalue weighted by atomic mass is 35.5. The summed E-state index contributed by atoms with van der Waals surface area (Å²) >= 11 is 14.6. The second-order valence-corrected chi connectivity index (χ2v) is 13.4. The molecule has 0 radical (unpaired) electrons. The third-order valence-electron chi connectivity index (χ3n) is 7.95. The van der Waals surface area contributed by atoms with Gasteiger partial charge in [0.25, 0.3) is 5.56 Å². The second-order valence-electron chi connectivity index (χ2n) is 11.6. The van der Waals surface area contributed by atoms with Crippen LogP contribution >= 0.6 is 34.5 Å². The highest BCUT2D eigenvalue weighted by molar-refractivity contribution is 7.07. The van der Waals surface area contributed by atoms with Gasteiger partial charge in [-0.3, -0.25) is 9.36 Å². The predicted octanol–water partition coefficient (Wildman–Crippen LogP) is 7.63. The van der Waals surface area contributed by atoms with E-state index in [0.29, 0.717) is 53.5 Å². The van der Waals surface area contributed by atoms with Crippen LogP contribution in [0.3, 0.4) is 0 Å². The average molecular weight is 718 g/mol. The molecule has 1 aliphatic heterocycles. The molecule has 0 fully saturated rings. The van der Waals surface area contributed by atoms with E-state index in [9.17, 15) is 9.59 Å². The minimum atomic E-state index is -0.823. The number of fused-ring (bicyclic) bond motifs is 2. The lowest BCUT2D eigenvalue weighted by Gasteiger charge is -2.25. The summed E-state index contributed by atoms with van der Waals surface area (Å²) < 4.78 is 25.0. The van der Waals surface area contributed by atoms with Gasteiger partial charge in [-0.1, -0.05) is 83.1 Å². The predicted molar refractivity (Wildman–Crippen MR) is 194 cm³/mol. The van der Waals surface area contributed by atoms with Crippen LogP contribution in [0.4, 0.5) is 0 Å². The minimum absolute atomic E-state index is 0.0819. The number of benzene rings is 4. The zero-order valence-electron chi connectivity index (χ0n) is 27.6. The summed E-state index contributed by atoms with van der Waals surface area (Å²) in [7, 11) is 1.54. The fraction of sp³-hybridized carbons (Fsp3) is 0.237. The first-order valence-corrected chi connectivity index (χ1v) is 17.3. The van der Waals surface area contributed by atoms with Crippen molar-refractivity contribution in [2.45, 2.75) is 46.4 Å². The molecule has 5 aromatic rings. The van der Waals surface area contributed by atoms with Gasteiger partial charge in [0.05, 0.1) is 51.7 Å². The summed E-state index contributed by atoms with van der Waals surface area (Å²) in [5.41, 5.74) is 2.62. The Hall–Kier alpha value is -4.57. The Bertz CT molecular complexity index is 2260. The quantitative estimate of drug-likeness (QED) is 0.138. The van der Waals surface area contributed by atoms with Crippen molar-refractivity contribution in [3.63, 3.8) is 0 Å². The van der Waals surface area contributed by atoms with E-state index in [1.807, 2.05) is 62.4 Å². The number of hydrogen-bond acceptors (Lipinski definition) is 8. The van der Waals surface area contributed by atoms with Crippen LogP contribution < -0.4 is 29.1 Å². The van der Waals surface area contributed by atoms with E-state index in [1.54, 1.807) is 51.3 Å². The van der Waals surface area contributed by atoms with E-state index in [0.717, 1.165) is 16.3 Å². The summed E-state index contributed by atoms with van der Waals surface area (Å²) in [6.07, 6.45) is 1.62. The van der Waals surface area contributed by atoms with Gasteiger partial charge in [-0.2, -0.15) is 0 Å². The molecule has 4 aromatic carbocycles. The molecule has 1 atom stereocenters. The van der Waals surface area contributed by atoms with E-state index in [4.69, 9.17) is 42.1 Å². The molecule has 49 heavy (non-hydrogen) atoms. The summed E-state index contributed by atoms with van der Waals surface area (Å²) in [4.78, 5) is 32.6. The van der Waals surface area contributed by atoms with Crippen molar-refractivity contribution in [3.05, 3.63) is 130 Å². The summed E-state index contributed by atoms with van der Waals surface area (Å²) in [6, 6.07) is 22.1. The van der Waals surface area contributed by atoms with E-state index < -0.39 is 12.0 Å². The van der Waals surface area contributed by atoms with Crippen molar-refractivity contribution in [1.82, 2.24) is 4.57 Å². The maximum Gasteiger partial charge on any atom is 0.338 e.